The number of hydrogen-bond acceptors (Lipinski definition) is 2. The highest BCUT2D eigenvalue weighted by Crippen LogP contribution is 2.37. The minimum absolute atomic E-state index is 0.786. The summed E-state index contributed by atoms with van der Waals surface area (Å²) >= 11 is 0. The lowest BCUT2D eigenvalue weighted by Gasteiger charge is -2.01. The topological polar surface area (TPSA) is 34.8 Å². The Morgan fingerprint density at radius 3 is 2.72 bits per heavy atom. The molecule has 0 N–H and O–H groups in total. The molecule has 4 nitrogen and oxygen atoms in total. The van der Waals surface area contributed by atoms with Gasteiger partial charge in [-0.3, -0.25) is 4.98 Å². The summed E-state index contributed by atoms with van der Waals surface area (Å²) in [5, 5.41) is 1.14. The van der Waals surface area contributed by atoms with Gasteiger partial charge in [-0.05, 0) is 30.3 Å². The predicted molar refractivity (Wildman–Crippen MR) is 95.6 cm³/mol. The van der Waals surface area contributed by atoms with Crippen molar-refractivity contribution in [3.8, 4) is 17.1 Å². The van der Waals surface area contributed by atoms with Crippen molar-refractivity contribution in [3.05, 3.63) is 78.6 Å². The van der Waals surface area contributed by atoms with Gasteiger partial charge >= 0.3 is 5.71 Å². The van der Waals surface area contributed by atoms with E-state index in [0.717, 1.165) is 40.3 Å². The highest BCUT2D eigenvalue weighted by atomic mass is 16.3. The van der Waals surface area contributed by atoms with Gasteiger partial charge in [0.2, 0.25) is 5.52 Å². The van der Waals surface area contributed by atoms with Crippen LogP contribution in [0, 0.1) is 0 Å². The molecule has 0 aliphatic carbocycles. The maximum absolute atomic E-state index is 6.25. The largest absolute Gasteiger partial charge is 0.419 e. The molecule has 0 bridgehead atoms. The van der Waals surface area contributed by atoms with E-state index in [2.05, 4.69) is 56.6 Å². The van der Waals surface area contributed by atoms with E-state index in [0.29, 0.717) is 0 Å². The van der Waals surface area contributed by atoms with Crippen molar-refractivity contribution in [2.45, 2.75) is 6.54 Å². The van der Waals surface area contributed by atoms with Crippen molar-refractivity contribution in [3.63, 3.8) is 0 Å². The van der Waals surface area contributed by atoms with Crippen LogP contribution in [0.3, 0.4) is 0 Å². The minimum Gasteiger partial charge on any atom is -0.419 e. The first-order valence-electron chi connectivity index (χ1n) is 8.36. The first kappa shape index (κ1) is 13.0. The Morgan fingerprint density at radius 1 is 0.960 bits per heavy atom. The SMILES string of the molecule is c1ccc(-n2c3[n+](c4oc5ccccc5c42)Cc2cnccc2-3)cc1. The van der Waals surface area contributed by atoms with Gasteiger partial charge in [0.15, 0.2) is 0 Å². The van der Waals surface area contributed by atoms with Gasteiger partial charge in [-0.15, -0.1) is 0 Å². The van der Waals surface area contributed by atoms with Crippen molar-refractivity contribution in [2.24, 2.45) is 0 Å². The fourth-order valence-electron chi connectivity index (χ4n) is 3.92. The third kappa shape index (κ3) is 1.61. The number of para-hydroxylation sites is 2. The molecule has 2 aromatic carbocycles. The van der Waals surface area contributed by atoms with E-state index in [4.69, 9.17) is 4.42 Å². The molecule has 3 aromatic heterocycles. The summed E-state index contributed by atoms with van der Waals surface area (Å²) in [4.78, 5) is 4.29. The molecule has 0 saturated carbocycles. The molecule has 1 aliphatic heterocycles. The van der Waals surface area contributed by atoms with E-state index >= 15 is 0 Å². The minimum atomic E-state index is 0.786. The third-order valence-corrected chi connectivity index (χ3v) is 4.97. The second-order valence-electron chi connectivity index (χ2n) is 6.37. The Balaban J connectivity index is 1.84. The normalized spacial score (nSPS) is 12.6. The number of furan rings is 1. The lowest BCUT2D eigenvalue weighted by atomic mass is 10.1. The molecule has 6 rings (SSSR count). The highest BCUT2D eigenvalue weighted by Gasteiger charge is 2.38. The number of imidazole rings is 1. The summed E-state index contributed by atoms with van der Waals surface area (Å²) in [6.07, 6.45) is 3.81. The number of fused-ring (bicyclic) bond motifs is 7. The molecule has 0 unspecified atom stereocenters. The van der Waals surface area contributed by atoms with Crippen LogP contribution < -0.4 is 4.57 Å². The van der Waals surface area contributed by atoms with Crippen LogP contribution in [0.5, 0.6) is 0 Å². The molecule has 1 aliphatic rings. The maximum atomic E-state index is 6.25. The monoisotopic (exact) mass is 324 g/mol. The van der Waals surface area contributed by atoms with Crippen molar-refractivity contribution >= 4 is 22.2 Å². The summed E-state index contributed by atoms with van der Waals surface area (Å²) in [5.74, 6) is 1.16. The van der Waals surface area contributed by atoms with Crippen LogP contribution in [0.25, 0.3) is 39.3 Å². The third-order valence-electron chi connectivity index (χ3n) is 4.97. The fourth-order valence-corrected chi connectivity index (χ4v) is 3.92. The van der Waals surface area contributed by atoms with E-state index < -0.39 is 0 Å². The van der Waals surface area contributed by atoms with Gasteiger partial charge in [-0.1, -0.05) is 30.3 Å². The van der Waals surface area contributed by atoms with Gasteiger partial charge < -0.3 is 4.42 Å². The van der Waals surface area contributed by atoms with Gasteiger partial charge in [0, 0.05) is 18.0 Å². The number of hydrogen-bond donors (Lipinski definition) is 0. The molecular weight excluding hydrogens is 310 g/mol. The van der Waals surface area contributed by atoms with Crippen molar-refractivity contribution < 1.29 is 8.98 Å². The summed E-state index contributed by atoms with van der Waals surface area (Å²) in [6, 6.07) is 20.8. The van der Waals surface area contributed by atoms with E-state index in [1.54, 1.807) is 0 Å². The average Bonchev–Trinajstić information content (AvgIpc) is 3.30. The zero-order valence-electron chi connectivity index (χ0n) is 13.4. The molecule has 0 amide bonds. The first-order valence-corrected chi connectivity index (χ1v) is 8.36. The van der Waals surface area contributed by atoms with Crippen LogP contribution in [0.15, 0.2) is 77.5 Å². The van der Waals surface area contributed by atoms with E-state index in [9.17, 15) is 0 Å². The summed E-state index contributed by atoms with van der Waals surface area (Å²) in [7, 11) is 0. The van der Waals surface area contributed by atoms with E-state index in [-0.39, 0.29) is 0 Å². The molecule has 4 heterocycles. The number of benzene rings is 2. The van der Waals surface area contributed by atoms with E-state index in [1.807, 2.05) is 30.6 Å². The lowest BCUT2D eigenvalue weighted by molar-refractivity contribution is -0.652. The van der Waals surface area contributed by atoms with Crippen molar-refractivity contribution in [1.29, 1.82) is 0 Å². The summed E-state index contributed by atoms with van der Waals surface area (Å²) < 4.78 is 10.8. The van der Waals surface area contributed by atoms with Gasteiger partial charge in [-0.2, -0.15) is 9.13 Å². The van der Waals surface area contributed by atoms with Crippen LogP contribution >= 0.6 is 0 Å². The molecular formula is C21H14N3O+. The number of pyridine rings is 1. The second-order valence-corrected chi connectivity index (χ2v) is 6.37. The van der Waals surface area contributed by atoms with Crippen LogP contribution in [0.2, 0.25) is 0 Å². The van der Waals surface area contributed by atoms with Crippen LogP contribution in [-0.2, 0) is 6.54 Å². The molecule has 0 spiro atoms. The van der Waals surface area contributed by atoms with Gasteiger partial charge in [0.25, 0.3) is 5.82 Å². The predicted octanol–water partition coefficient (Wildman–Crippen LogP) is 4.09. The molecule has 4 heteroatoms. The summed E-state index contributed by atoms with van der Waals surface area (Å²) in [6.45, 7) is 0.786. The maximum Gasteiger partial charge on any atom is 0.340 e. The molecule has 0 atom stereocenters. The zero-order valence-corrected chi connectivity index (χ0v) is 13.4. The first-order chi connectivity index (χ1) is 12.4. The number of aromatic nitrogens is 3. The Kier molecular flexibility index (Phi) is 2.37. The van der Waals surface area contributed by atoms with Crippen LogP contribution in [0.4, 0.5) is 0 Å². The Hall–Kier alpha value is -3.40. The van der Waals surface area contributed by atoms with Gasteiger partial charge in [-0.25, -0.2) is 0 Å². The number of rotatable bonds is 1. The molecule has 0 radical (unpaired) electrons. The average molecular weight is 324 g/mol. The molecule has 0 saturated heterocycles. The molecule has 118 valence electrons. The molecule has 25 heavy (non-hydrogen) atoms. The zero-order chi connectivity index (χ0) is 16.4. The smallest absolute Gasteiger partial charge is 0.340 e. The Bertz CT molecular complexity index is 1260. The van der Waals surface area contributed by atoms with Crippen LogP contribution in [-0.4, -0.2) is 9.55 Å². The lowest BCUT2D eigenvalue weighted by Crippen LogP contribution is -2.31. The fraction of sp³-hybridized carbons (Fsp3) is 0.0476. The van der Waals surface area contributed by atoms with Crippen molar-refractivity contribution in [1.82, 2.24) is 9.55 Å². The summed E-state index contributed by atoms with van der Waals surface area (Å²) in [5.41, 5.74) is 6.54. The standard InChI is InChI=1S/C21H14N3O/c1-2-6-15(7-3-1)24-19-17-8-4-5-9-18(17)25-21(19)23-13-14-12-22-11-10-16(14)20(23)24/h1-12H,13H2/q+1. The number of nitrogens with zero attached hydrogens (tertiary/aromatic N) is 3. The van der Waals surface area contributed by atoms with Gasteiger partial charge in [0.1, 0.15) is 17.8 Å². The van der Waals surface area contributed by atoms with Crippen LogP contribution in [0.1, 0.15) is 5.56 Å². The quantitative estimate of drug-likeness (QED) is 0.427. The second kappa shape index (κ2) is 4.57. The molecule has 5 aromatic rings. The Labute approximate surface area is 143 Å². The Morgan fingerprint density at radius 2 is 1.80 bits per heavy atom. The highest BCUT2D eigenvalue weighted by molar-refractivity contribution is 6.02. The van der Waals surface area contributed by atoms with E-state index in [1.165, 1.54) is 11.1 Å². The van der Waals surface area contributed by atoms with Gasteiger partial charge in [0.05, 0.1) is 10.9 Å². The molecule has 0 fully saturated rings. The van der Waals surface area contributed by atoms with Crippen molar-refractivity contribution in [2.75, 3.05) is 0 Å².